The summed E-state index contributed by atoms with van der Waals surface area (Å²) in [4.78, 5) is 14.2. The number of sulfone groups is 1. The summed E-state index contributed by atoms with van der Waals surface area (Å²) < 4.78 is 22.8. The third-order valence-corrected chi connectivity index (χ3v) is 5.43. The van der Waals surface area contributed by atoms with Crippen molar-refractivity contribution in [3.63, 3.8) is 0 Å². The number of hydrogen-bond acceptors (Lipinski definition) is 4. The predicted octanol–water partition coefficient (Wildman–Crippen LogP) is 3.45. The molecule has 0 radical (unpaired) electrons. The zero-order chi connectivity index (χ0) is 21.6. The highest BCUT2D eigenvalue weighted by molar-refractivity contribution is 14.0. The van der Waals surface area contributed by atoms with Crippen LogP contribution in [0.25, 0.3) is 11.3 Å². The maximum absolute atomic E-state index is 11.4. The molecule has 0 aliphatic heterocycles. The lowest BCUT2D eigenvalue weighted by molar-refractivity contribution is 0.464. The van der Waals surface area contributed by atoms with Gasteiger partial charge in [-0.1, -0.05) is 54.6 Å². The van der Waals surface area contributed by atoms with Crippen molar-refractivity contribution in [2.24, 2.45) is 4.99 Å². The van der Waals surface area contributed by atoms with Gasteiger partial charge in [-0.15, -0.1) is 24.0 Å². The summed E-state index contributed by atoms with van der Waals surface area (Å²) in [5.74, 6) is 1.65. The summed E-state index contributed by atoms with van der Waals surface area (Å²) in [5.41, 5.74) is 3.91. The van der Waals surface area contributed by atoms with Crippen LogP contribution in [0.4, 0.5) is 0 Å². The maximum atomic E-state index is 11.4. The van der Waals surface area contributed by atoms with E-state index in [4.69, 9.17) is 0 Å². The summed E-state index contributed by atoms with van der Waals surface area (Å²) in [7, 11) is 0.668. The molecular formula is C22H28IN5O2S. The average molecular weight is 553 g/mol. The van der Waals surface area contributed by atoms with Gasteiger partial charge < -0.3 is 15.2 Å². The van der Waals surface area contributed by atoms with E-state index in [0.717, 1.165) is 34.2 Å². The molecule has 0 spiro atoms. The topological polar surface area (TPSA) is 90.4 Å². The monoisotopic (exact) mass is 553 g/mol. The Balaban J connectivity index is 0.00000341. The molecule has 7 nitrogen and oxygen atoms in total. The number of nitrogens with zero attached hydrogens (tertiary/aromatic N) is 3. The van der Waals surface area contributed by atoms with E-state index in [1.807, 2.05) is 72.7 Å². The molecule has 0 aliphatic carbocycles. The van der Waals surface area contributed by atoms with Gasteiger partial charge in [0.05, 0.1) is 24.2 Å². The molecule has 0 unspecified atom stereocenters. The molecule has 3 rings (SSSR count). The number of guanidine groups is 1. The molecule has 3 aromatic rings. The minimum Gasteiger partial charge on any atom is -0.352 e. The van der Waals surface area contributed by atoms with Gasteiger partial charge in [0.25, 0.3) is 0 Å². The van der Waals surface area contributed by atoms with Crippen LogP contribution in [-0.4, -0.2) is 49.6 Å². The standard InChI is InChI=1S/C22H27N5O2S.HI/c1-23-22(25-13-17-9-11-18(12-10-17)16-30(3,28)29)27(2)15-21-24-14-20(26-21)19-7-5-4-6-8-19;/h4-12,14H,13,15-16H2,1-3H3,(H,23,25)(H,24,26);1H. The van der Waals surface area contributed by atoms with Crippen molar-refractivity contribution in [2.45, 2.75) is 18.8 Å². The fraction of sp³-hybridized carbons (Fsp3) is 0.273. The predicted molar refractivity (Wildman–Crippen MR) is 136 cm³/mol. The van der Waals surface area contributed by atoms with Gasteiger partial charge in [0, 0.05) is 26.9 Å². The lowest BCUT2D eigenvalue weighted by Crippen LogP contribution is -2.38. The van der Waals surface area contributed by atoms with Crippen LogP contribution in [0.3, 0.4) is 0 Å². The van der Waals surface area contributed by atoms with Crippen LogP contribution in [0, 0.1) is 0 Å². The summed E-state index contributed by atoms with van der Waals surface area (Å²) in [5, 5.41) is 3.33. The summed E-state index contributed by atoms with van der Waals surface area (Å²) in [6.45, 7) is 1.17. The molecule has 2 N–H and O–H groups in total. The summed E-state index contributed by atoms with van der Waals surface area (Å²) in [6.07, 6.45) is 3.08. The SMILES string of the molecule is CN=C(NCc1ccc(CS(C)(=O)=O)cc1)N(C)Cc1ncc(-c2ccccc2)[nH]1.I. The minimum atomic E-state index is -3.03. The van der Waals surface area contributed by atoms with E-state index < -0.39 is 9.84 Å². The highest BCUT2D eigenvalue weighted by atomic mass is 127. The molecule has 1 heterocycles. The van der Waals surface area contributed by atoms with Crippen molar-refractivity contribution in [3.05, 3.63) is 77.7 Å². The summed E-state index contributed by atoms with van der Waals surface area (Å²) in [6, 6.07) is 17.6. The molecule has 166 valence electrons. The van der Waals surface area contributed by atoms with Crippen LogP contribution in [-0.2, 0) is 28.7 Å². The van der Waals surface area contributed by atoms with Gasteiger partial charge >= 0.3 is 0 Å². The number of aromatic amines is 1. The Morgan fingerprint density at radius 2 is 1.74 bits per heavy atom. The molecule has 0 saturated carbocycles. The lowest BCUT2D eigenvalue weighted by Gasteiger charge is -2.21. The first-order valence-electron chi connectivity index (χ1n) is 9.60. The normalized spacial score (nSPS) is 11.6. The molecule has 0 atom stereocenters. The molecule has 31 heavy (non-hydrogen) atoms. The van der Waals surface area contributed by atoms with Crippen molar-refractivity contribution in [2.75, 3.05) is 20.4 Å². The molecule has 0 saturated heterocycles. The Morgan fingerprint density at radius 3 is 2.35 bits per heavy atom. The van der Waals surface area contributed by atoms with Crippen molar-refractivity contribution < 1.29 is 8.42 Å². The molecule has 1 aromatic heterocycles. The Morgan fingerprint density at radius 1 is 1.10 bits per heavy atom. The van der Waals surface area contributed by atoms with Crippen molar-refractivity contribution in [1.29, 1.82) is 0 Å². The molecule has 9 heteroatoms. The zero-order valence-electron chi connectivity index (χ0n) is 17.9. The van der Waals surface area contributed by atoms with Gasteiger partial charge in [-0.25, -0.2) is 13.4 Å². The number of rotatable bonds is 7. The number of imidazole rings is 1. The van der Waals surface area contributed by atoms with Crippen LogP contribution in [0.2, 0.25) is 0 Å². The van der Waals surface area contributed by atoms with Crippen LogP contribution < -0.4 is 5.32 Å². The van der Waals surface area contributed by atoms with Crippen LogP contribution in [0.1, 0.15) is 17.0 Å². The molecule has 0 bridgehead atoms. The molecular weight excluding hydrogens is 525 g/mol. The number of halogens is 1. The van der Waals surface area contributed by atoms with Crippen LogP contribution in [0.5, 0.6) is 0 Å². The lowest BCUT2D eigenvalue weighted by atomic mass is 10.1. The number of benzene rings is 2. The minimum absolute atomic E-state index is 0. The Bertz CT molecular complexity index is 1100. The van der Waals surface area contributed by atoms with E-state index in [0.29, 0.717) is 13.1 Å². The first-order valence-corrected chi connectivity index (χ1v) is 11.7. The van der Waals surface area contributed by atoms with Crippen LogP contribution in [0.15, 0.2) is 65.8 Å². The highest BCUT2D eigenvalue weighted by Gasteiger charge is 2.10. The first-order chi connectivity index (χ1) is 14.3. The molecule has 2 aromatic carbocycles. The maximum Gasteiger partial charge on any atom is 0.194 e. The number of nitrogens with one attached hydrogen (secondary N) is 2. The third-order valence-electron chi connectivity index (χ3n) is 4.58. The quantitative estimate of drug-likeness (QED) is 0.266. The van der Waals surface area contributed by atoms with E-state index >= 15 is 0 Å². The van der Waals surface area contributed by atoms with E-state index in [-0.39, 0.29) is 29.7 Å². The largest absolute Gasteiger partial charge is 0.352 e. The molecule has 0 amide bonds. The van der Waals surface area contributed by atoms with Gasteiger partial charge in [-0.05, 0) is 16.7 Å². The Hall–Kier alpha value is -2.40. The Labute approximate surface area is 201 Å². The first kappa shape index (κ1) is 24.9. The third kappa shape index (κ3) is 7.66. The second-order valence-corrected chi connectivity index (χ2v) is 9.39. The number of H-pyrrole nitrogens is 1. The Kier molecular flexibility index (Phi) is 9.05. The van der Waals surface area contributed by atoms with Gasteiger partial charge in [0.15, 0.2) is 15.8 Å². The van der Waals surface area contributed by atoms with Crippen molar-refractivity contribution in [1.82, 2.24) is 20.2 Å². The van der Waals surface area contributed by atoms with Crippen molar-refractivity contribution in [3.8, 4) is 11.3 Å². The van der Waals surface area contributed by atoms with E-state index in [1.165, 1.54) is 6.26 Å². The van der Waals surface area contributed by atoms with Gasteiger partial charge in [-0.3, -0.25) is 4.99 Å². The molecule has 0 aliphatic rings. The van der Waals surface area contributed by atoms with Crippen molar-refractivity contribution >= 4 is 39.8 Å². The zero-order valence-corrected chi connectivity index (χ0v) is 21.0. The van der Waals surface area contributed by atoms with Gasteiger partial charge in [0.2, 0.25) is 0 Å². The summed E-state index contributed by atoms with van der Waals surface area (Å²) >= 11 is 0. The van der Waals surface area contributed by atoms with E-state index in [9.17, 15) is 8.42 Å². The fourth-order valence-corrected chi connectivity index (χ4v) is 3.93. The number of aliphatic imine (C=N–C) groups is 1. The second kappa shape index (κ2) is 11.3. The number of hydrogen-bond donors (Lipinski definition) is 2. The molecule has 0 fully saturated rings. The average Bonchev–Trinajstić information content (AvgIpc) is 3.18. The smallest absolute Gasteiger partial charge is 0.194 e. The van der Waals surface area contributed by atoms with E-state index in [2.05, 4.69) is 20.3 Å². The second-order valence-electron chi connectivity index (χ2n) is 7.25. The number of aromatic nitrogens is 2. The van der Waals surface area contributed by atoms with E-state index in [1.54, 1.807) is 7.05 Å². The highest BCUT2D eigenvalue weighted by Crippen LogP contribution is 2.16. The van der Waals surface area contributed by atoms with Gasteiger partial charge in [-0.2, -0.15) is 0 Å². The van der Waals surface area contributed by atoms with Crippen LogP contribution >= 0.6 is 24.0 Å². The fourth-order valence-electron chi connectivity index (χ4n) is 3.13. The van der Waals surface area contributed by atoms with Gasteiger partial charge in [0.1, 0.15) is 5.82 Å².